The Kier molecular flexibility index (Phi) is 6.99. The monoisotopic (exact) mass is 492 g/mol. The minimum Gasteiger partial charge on any atom is -0.453 e. The van der Waals surface area contributed by atoms with Crippen molar-refractivity contribution in [3.63, 3.8) is 0 Å². The second kappa shape index (κ2) is 10.7. The van der Waals surface area contributed by atoms with Gasteiger partial charge in [-0.05, 0) is 67.1 Å². The molecular formula is C31H28N2O4. The highest BCUT2D eigenvalue weighted by Gasteiger charge is 2.29. The van der Waals surface area contributed by atoms with Crippen molar-refractivity contribution in [2.24, 2.45) is 5.10 Å². The number of aryl methyl sites for hydroxylation is 2. The summed E-state index contributed by atoms with van der Waals surface area (Å²) in [5.41, 5.74) is 8.63. The second-order valence-corrected chi connectivity index (χ2v) is 9.04. The van der Waals surface area contributed by atoms with Crippen molar-refractivity contribution in [1.82, 2.24) is 5.43 Å². The molecule has 1 amide bonds. The number of esters is 1. The van der Waals surface area contributed by atoms with Crippen molar-refractivity contribution in [2.75, 3.05) is 0 Å². The summed E-state index contributed by atoms with van der Waals surface area (Å²) in [6, 6.07) is 24.8. The van der Waals surface area contributed by atoms with Gasteiger partial charge in [0, 0.05) is 23.1 Å². The van der Waals surface area contributed by atoms with Gasteiger partial charge in [-0.3, -0.25) is 4.79 Å². The van der Waals surface area contributed by atoms with Crippen LogP contribution in [0.15, 0.2) is 88.4 Å². The summed E-state index contributed by atoms with van der Waals surface area (Å²) in [4.78, 5) is 25.6. The van der Waals surface area contributed by atoms with Crippen LogP contribution in [0.1, 0.15) is 63.1 Å². The predicted octanol–water partition coefficient (Wildman–Crippen LogP) is 6.51. The van der Waals surface area contributed by atoms with Crippen LogP contribution < -0.4 is 10.2 Å². The standard InChI is InChI=1S/C31H28N2O4/c1-3-21-12-18-25(19-13-21)36-31(35)29-20(2)28-26(10-7-11-27(28)37-29)32-33-30(34)24-16-14-23(15-17-24)22-8-5-4-6-9-22/h4-6,8-9,12-19H,3,7,10-11H2,1-2H3,(H,33,34)/b32-26+. The highest BCUT2D eigenvalue weighted by Crippen LogP contribution is 2.30. The molecule has 6 nitrogen and oxygen atoms in total. The Morgan fingerprint density at radius 3 is 2.32 bits per heavy atom. The zero-order valence-corrected chi connectivity index (χ0v) is 20.9. The Labute approximate surface area is 216 Å². The van der Waals surface area contributed by atoms with E-state index in [0.29, 0.717) is 41.2 Å². The molecule has 4 aromatic rings. The number of carbonyl (C=O) groups excluding carboxylic acids is 2. The van der Waals surface area contributed by atoms with E-state index in [1.807, 2.05) is 61.5 Å². The summed E-state index contributed by atoms with van der Waals surface area (Å²) in [6.07, 6.45) is 3.10. The van der Waals surface area contributed by atoms with Gasteiger partial charge in [-0.1, -0.05) is 61.5 Å². The molecule has 0 spiro atoms. The average Bonchev–Trinajstić information content (AvgIpc) is 3.29. The Morgan fingerprint density at radius 1 is 0.919 bits per heavy atom. The Hall–Kier alpha value is -4.45. The third kappa shape index (κ3) is 5.23. The smallest absolute Gasteiger partial charge is 0.379 e. The molecule has 1 heterocycles. The maximum Gasteiger partial charge on any atom is 0.379 e. The maximum atomic E-state index is 12.9. The van der Waals surface area contributed by atoms with Crippen LogP contribution >= 0.6 is 0 Å². The molecule has 1 aliphatic rings. The summed E-state index contributed by atoms with van der Waals surface area (Å²) in [5, 5.41) is 4.42. The molecule has 0 fully saturated rings. The molecule has 0 radical (unpaired) electrons. The molecule has 0 saturated carbocycles. The molecule has 0 aliphatic heterocycles. The zero-order chi connectivity index (χ0) is 25.8. The van der Waals surface area contributed by atoms with Crippen molar-refractivity contribution in [1.29, 1.82) is 0 Å². The van der Waals surface area contributed by atoms with E-state index in [-0.39, 0.29) is 11.7 Å². The fraction of sp³-hybridized carbons (Fsp3) is 0.194. The average molecular weight is 493 g/mol. The number of fused-ring (bicyclic) bond motifs is 1. The highest BCUT2D eigenvalue weighted by molar-refractivity contribution is 6.06. The molecular weight excluding hydrogens is 464 g/mol. The number of benzene rings is 3. The number of furan rings is 1. The molecule has 0 unspecified atom stereocenters. The molecule has 6 heteroatoms. The van der Waals surface area contributed by atoms with Gasteiger partial charge in [-0.2, -0.15) is 5.10 Å². The Balaban J connectivity index is 1.31. The first kappa shape index (κ1) is 24.3. The van der Waals surface area contributed by atoms with Gasteiger partial charge in [0.05, 0.1) is 5.71 Å². The number of ether oxygens (including phenoxy) is 1. The first-order valence-electron chi connectivity index (χ1n) is 12.5. The van der Waals surface area contributed by atoms with Crippen LogP contribution in [0, 0.1) is 6.92 Å². The van der Waals surface area contributed by atoms with Crippen molar-refractivity contribution >= 4 is 17.6 Å². The van der Waals surface area contributed by atoms with Gasteiger partial charge < -0.3 is 9.15 Å². The van der Waals surface area contributed by atoms with E-state index in [1.54, 1.807) is 24.3 Å². The molecule has 5 rings (SSSR count). The Morgan fingerprint density at radius 2 is 1.62 bits per heavy atom. The summed E-state index contributed by atoms with van der Waals surface area (Å²) in [5.74, 6) is 0.489. The van der Waals surface area contributed by atoms with Crippen LogP contribution in [0.5, 0.6) is 5.75 Å². The first-order chi connectivity index (χ1) is 18.0. The van der Waals surface area contributed by atoms with E-state index in [2.05, 4.69) is 17.5 Å². The highest BCUT2D eigenvalue weighted by atomic mass is 16.5. The fourth-order valence-corrected chi connectivity index (χ4v) is 4.55. The van der Waals surface area contributed by atoms with Crippen LogP contribution in [0.4, 0.5) is 0 Å². The number of hydrogen-bond acceptors (Lipinski definition) is 5. The van der Waals surface area contributed by atoms with E-state index in [0.717, 1.165) is 29.5 Å². The van der Waals surface area contributed by atoms with Crippen molar-refractivity contribution in [3.05, 3.63) is 113 Å². The van der Waals surface area contributed by atoms with Gasteiger partial charge in [0.25, 0.3) is 5.91 Å². The van der Waals surface area contributed by atoms with Gasteiger partial charge >= 0.3 is 5.97 Å². The van der Waals surface area contributed by atoms with Crippen LogP contribution in [0.2, 0.25) is 0 Å². The normalized spacial score (nSPS) is 13.7. The minimum atomic E-state index is -0.543. The second-order valence-electron chi connectivity index (χ2n) is 9.04. The van der Waals surface area contributed by atoms with Crippen molar-refractivity contribution < 1.29 is 18.7 Å². The van der Waals surface area contributed by atoms with Gasteiger partial charge in [-0.25, -0.2) is 10.2 Å². The summed E-state index contributed by atoms with van der Waals surface area (Å²) >= 11 is 0. The lowest BCUT2D eigenvalue weighted by molar-refractivity contribution is 0.0698. The molecule has 3 aromatic carbocycles. The molecule has 1 aromatic heterocycles. The summed E-state index contributed by atoms with van der Waals surface area (Å²) in [7, 11) is 0. The number of amides is 1. The number of carbonyl (C=O) groups is 2. The van der Waals surface area contributed by atoms with E-state index >= 15 is 0 Å². The lowest BCUT2D eigenvalue weighted by Crippen LogP contribution is -2.22. The van der Waals surface area contributed by atoms with Crippen molar-refractivity contribution in [3.8, 4) is 16.9 Å². The van der Waals surface area contributed by atoms with Crippen molar-refractivity contribution in [2.45, 2.75) is 39.5 Å². The largest absolute Gasteiger partial charge is 0.453 e. The number of rotatable bonds is 6. The van der Waals surface area contributed by atoms with E-state index in [1.165, 1.54) is 5.56 Å². The van der Waals surface area contributed by atoms with Crippen LogP contribution in [0.25, 0.3) is 11.1 Å². The maximum absolute atomic E-state index is 12.9. The minimum absolute atomic E-state index is 0.169. The van der Waals surface area contributed by atoms with Crippen LogP contribution in [0.3, 0.4) is 0 Å². The third-order valence-electron chi connectivity index (χ3n) is 6.60. The number of hydrogen-bond donors (Lipinski definition) is 1. The molecule has 0 bridgehead atoms. The fourth-order valence-electron chi connectivity index (χ4n) is 4.55. The SMILES string of the molecule is CCc1ccc(OC(=O)c2oc3c(c2C)/C(=N/NC(=O)c2ccc(-c4ccccc4)cc2)CCC3)cc1. The lowest BCUT2D eigenvalue weighted by Gasteiger charge is -2.13. The van der Waals surface area contributed by atoms with Gasteiger partial charge in [-0.15, -0.1) is 0 Å². The van der Waals surface area contributed by atoms with E-state index in [9.17, 15) is 9.59 Å². The first-order valence-corrected chi connectivity index (χ1v) is 12.5. The number of nitrogens with zero attached hydrogens (tertiary/aromatic N) is 1. The number of hydrazone groups is 1. The Bertz CT molecular complexity index is 1450. The quantitative estimate of drug-likeness (QED) is 0.189. The van der Waals surface area contributed by atoms with E-state index in [4.69, 9.17) is 9.15 Å². The molecule has 37 heavy (non-hydrogen) atoms. The lowest BCUT2D eigenvalue weighted by atomic mass is 9.93. The summed E-state index contributed by atoms with van der Waals surface area (Å²) < 4.78 is 11.5. The van der Waals surface area contributed by atoms with Crippen LogP contribution in [-0.4, -0.2) is 17.6 Å². The molecule has 1 N–H and O–H groups in total. The predicted molar refractivity (Wildman–Crippen MR) is 143 cm³/mol. The summed E-state index contributed by atoms with van der Waals surface area (Å²) in [6.45, 7) is 3.89. The molecule has 186 valence electrons. The van der Waals surface area contributed by atoms with Gasteiger partial charge in [0.2, 0.25) is 5.76 Å². The molecule has 1 aliphatic carbocycles. The number of nitrogens with one attached hydrogen (secondary N) is 1. The third-order valence-corrected chi connectivity index (χ3v) is 6.60. The van der Waals surface area contributed by atoms with Crippen LogP contribution in [-0.2, 0) is 12.8 Å². The van der Waals surface area contributed by atoms with Gasteiger partial charge in [0.1, 0.15) is 11.5 Å². The van der Waals surface area contributed by atoms with E-state index < -0.39 is 5.97 Å². The van der Waals surface area contributed by atoms with Gasteiger partial charge in [0.15, 0.2) is 0 Å². The topological polar surface area (TPSA) is 80.9 Å². The zero-order valence-electron chi connectivity index (χ0n) is 20.9. The molecule has 0 atom stereocenters. The molecule has 0 saturated heterocycles.